The molecule has 0 aliphatic rings. The van der Waals surface area contributed by atoms with Gasteiger partial charge in [-0.2, -0.15) is 0 Å². The number of carbonyl (C=O) groups is 1. The molecule has 0 aromatic rings. The zero-order valence-electron chi connectivity index (χ0n) is 4.74. The Hall–Kier alpha value is 1.22. The summed E-state index contributed by atoms with van der Waals surface area (Å²) in [6.45, 7) is 0. The third-order valence-electron chi connectivity index (χ3n) is 0.514. The van der Waals surface area contributed by atoms with Crippen LogP contribution in [-0.4, -0.2) is 33.1 Å². The van der Waals surface area contributed by atoms with Crippen molar-refractivity contribution in [3.8, 4) is 0 Å². The summed E-state index contributed by atoms with van der Waals surface area (Å²) in [7, 11) is 9.75. The summed E-state index contributed by atoms with van der Waals surface area (Å²) in [6.07, 6.45) is 0. The summed E-state index contributed by atoms with van der Waals surface area (Å²) < 4.78 is 0. The van der Waals surface area contributed by atoms with Crippen molar-refractivity contribution in [3.05, 3.63) is 0 Å². The molecule has 0 unspecified atom stereocenters. The SMILES string of the molecule is N[C@@H](C[SeH])C(=O)O.[Cl][Pt][Cl]. The number of halogens is 2. The molecule has 0 radical (unpaired) electrons. The molecule has 7 heteroatoms. The molecule has 0 aliphatic heterocycles. The summed E-state index contributed by atoms with van der Waals surface area (Å²) >= 11 is 1.65. The minimum atomic E-state index is -0.944. The minimum absolute atomic E-state index is 0.433. The summed E-state index contributed by atoms with van der Waals surface area (Å²) in [5.74, 6) is -0.944. The molecular formula is C3H7Cl2NO2PtSe. The average Bonchev–Trinajstić information content (AvgIpc) is 1.88. The number of hydrogen-bond acceptors (Lipinski definition) is 2. The molecule has 0 fully saturated rings. The molecule has 0 bridgehead atoms. The van der Waals surface area contributed by atoms with Crippen LogP contribution in [-0.2, 0) is 21.3 Å². The predicted octanol–water partition coefficient (Wildman–Crippen LogP) is 0.0939. The fraction of sp³-hybridized carbons (Fsp3) is 0.667. The quantitative estimate of drug-likeness (QED) is 0.607. The van der Waals surface area contributed by atoms with E-state index in [9.17, 15) is 4.79 Å². The van der Waals surface area contributed by atoms with E-state index in [1.165, 1.54) is 0 Å². The molecule has 3 nitrogen and oxygen atoms in total. The van der Waals surface area contributed by atoms with Crippen LogP contribution in [0.15, 0.2) is 0 Å². The van der Waals surface area contributed by atoms with E-state index in [0.717, 1.165) is 0 Å². The fourth-order valence-electron chi connectivity index (χ4n) is 0.0781. The van der Waals surface area contributed by atoms with Gasteiger partial charge < -0.3 is 0 Å². The van der Waals surface area contributed by atoms with Crippen LogP contribution in [0.1, 0.15) is 0 Å². The molecule has 10 heavy (non-hydrogen) atoms. The van der Waals surface area contributed by atoms with Crippen molar-refractivity contribution in [2.45, 2.75) is 11.4 Å². The van der Waals surface area contributed by atoms with E-state index in [0.29, 0.717) is 5.32 Å². The summed E-state index contributed by atoms with van der Waals surface area (Å²) in [6, 6.07) is -0.708. The zero-order chi connectivity index (χ0) is 8.57. The summed E-state index contributed by atoms with van der Waals surface area (Å²) in [4.78, 5) is 9.80. The van der Waals surface area contributed by atoms with Gasteiger partial charge in [-0.05, 0) is 0 Å². The van der Waals surface area contributed by atoms with Gasteiger partial charge in [-0.25, -0.2) is 0 Å². The number of rotatable bonds is 2. The molecule has 1 atom stereocenters. The van der Waals surface area contributed by atoms with E-state index in [4.69, 9.17) is 29.7 Å². The van der Waals surface area contributed by atoms with Gasteiger partial charge in [0, 0.05) is 0 Å². The van der Waals surface area contributed by atoms with Crippen LogP contribution in [0.25, 0.3) is 0 Å². The van der Waals surface area contributed by atoms with Crippen molar-refractivity contribution in [2.24, 2.45) is 5.73 Å². The monoisotopic (exact) mass is 434 g/mol. The Labute approximate surface area is 83.8 Å². The Morgan fingerprint density at radius 2 is 2.10 bits per heavy atom. The van der Waals surface area contributed by atoms with E-state index in [1.807, 2.05) is 0 Å². The third-order valence-corrected chi connectivity index (χ3v) is 1.34. The Morgan fingerprint density at radius 1 is 1.80 bits per heavy atom. The Morgan fingerprint density at radius 3 is 2.10 bits per heavy atom. The number of aliphatic carboxylic acids is 1. The van der Waals surface area contributed by atoms with E-state index in [-0.39, 0.29) is 0 Å². The first-order chi connectivity index (χ1) is 4.59. The number of hydrogen-bond donors (Lipinski definition) is 2. The van der Waals surface area contributed by atoms with Gasteiger partial charge in [0.05, 0.1) is 0 Å². The Bertz CT molecular complexity index is 96.6. The van der Waals surface area contributed by atoms with Crippen LogP contribution < -0.4 is 5.73 Å². The predicted molar refractivity (Wildman–Crippen MR) is 39.3 cm³/mol. The number of carboxylic acids is 1. The van der Waals surface area contributed by atoms with Crippen molar-refractivity contribution in [1.82, 2.24) is 0 Å². The molecule has 0 aliphatic carbocycles. The molecule has 66 valence electrons. The second-order valence-corrected chi connectivity index (χ2v) is 5.22. The van der Waals surface area contributed by atoms with Crippen molar-refractivity contribution >= 4 is 40.8 Å². The average molecular weight is 434 g/mol. The molecular weight excluding hydrogens is 427 g/mol. The van der Waals surface area contributed by atoms with Gasteiger partial charge in [-0.3, -0.25) is 0 Å². The van der Waals surface area contributed by atoms with Gasteiger partial charge in [-0.1, -0.05) is 0 Å². The van der Waals surface area contributed by atoms with Crippen LogP contribution in [0, 0.1) is 0 Å². The molecule has 0 amide bonds. The normalized spacial score (nSPS) is 11.6. The maximum atomic E-state index is 9.80. The van der Waals surface area contributed by atoms with Crippen molar-refractivity contribution < 1.29 is 26.4 Å². The van der Waals surface area contributed by atoms with Crippen molar-refractivity contribution in [3.63, 3.8) is 0 Å². The van der Waals surface area contributed by atoms with Gasteiger partial charge in [0.25, 0.3) is 0 Å². The molecule has 0 rings (SSSR count). The molecule has 0 aromatic heterocycles. The molecule has 0 saturated carbocycles. The van der Waals surface area contributed by atoms with E-state index < -0.39 is 28.5 Å². The first kappa shape index (κ1) is 13.8. The fourth-order valence-corrected chi connectivity index (χ4v) is 0.406. The van der Waals surface area contributed by atoms with Crippen LogP contribution in [0.3, 0.4) is 0 Å². The molecule has 0 saturated heterocycles. The van der Waals surface area contributed by atoms with Crippen molar-refractivity contribution in [2.75, 3.05) is 0 Å². The van der Waals surface area contributed by atoms with Crippen LogP contribution in [0.4, 0.5) is 0 Å². The third kappa shape index (κ3) is 11.9. The van der Waals surface area contributed by atoms with E-state index in [2.05, 4.69) is 16.0 Å². The number of carboxylic acid groups (broad SMARTS) is 1. The second kappa shape index (κ2) is 10.2. The van der Waals surface area contributed by atoms with Gasteiger partial charge >= 0.3 is 84.3 Å². The van der Waals surface area contributed by atoms with Crippen LogP contribution in [0.2, 0.25) is 5.32 Å². The van der Waals surface area contributed by atoms with Crippen molar-refractivity contribution in [1.29, 1.82) is 0 Å². The first-order valence-electron chi connectivity index (χ1n) is 2.01. The molecule has 0 heterocycles. The van der Waals surface area contributed by atoms with Gasteiger partial charge in [0.15, 0.2) is 0 Å². The van der Waals surface area contributed by atoms with E-state index >= 15 is 0 Å². The van der Waals surface area contributed by atoms with Crippen LogP contribution in [0.5, 0.6) is 0 Å². The Kier molecular flexibility index (Phi) is 14.1. The summed E-state index contributed by atoms with van der Waals surface area (Å²) in [5, 5.41) is 8.48. The molecule has 0 spiro atoms. The molecule has 3 N–H and O–H groups in total. The second-order valence-electron chi connectivity index (χ2n) is 1.17. The number of nitrogens with two attached hydrogens (primary N) is 1. The topological polar surface area (TPSA) is 63.3 Å². The standard InChI is InChI=1S/C3H7NO2Se.2ClH.Pt/c4-2(1-7)3(5)6;;;/h2,7H,1,4H2,(H,5,6);2*1H;/q;;;+2/p-2/t2-;;;/m0.../s1. The van der Waals surface area contributed by atoms with Crippen LogP contribution >= 0.6 is 18.8 Å². The maximum absolute atomic E-state index is 9.80. The summed E-state index contributed by atoms with van der Waals surface area (Å²) in [5.41, 5.74) is 5.00. The van der Waals surface area contributed by atoms with Gasteiger partial charge in [0.1, 0.15) is 0 Å². The van der Waals surface area contributed by atoms with Gasteiger partial charge in [0.2, 0.25) is 0 Å². The van der Waals surface area contributed by atoms with E-state index in [1.54, 1.807) is 0 Å². The molecule has 0 aromatic carbocycles. The Balaban J connectivity index is 0. The first-order valence-corrected chi connectivity index (χ1v) is 8.97. The van der Waals surface area contributed by atoms with Gasteiger partial charge in [-0.15, -0.1) is 0 Å². The zero-order valence-corrected chi connectivity index (χ0v) is 10.4.